The van der Waals surface area contributed by atoms with Gasteiger partial charge in [0.15, 0.2) is 0 Å². The predicted molar refractivity (Wildman–Crippen MR) is 118 cm³/mol. The van der Waals surface area contributed by atoms with E-state index in [1.54, 1.807) is 12.5 Å². The van der Waals surface area contributed by atoms with Crippen LogP contribution in [0, 0.1) is 13.8 Å². The van der Waals surface area contributed by atoms with Crippen molar-refractivity contribution in [1.29, 1.82) is 0 Å². The van der Waals surface area contributed by atoms with Gasteiger partial charge >= 0.3 is 0 Å². The molecule has 3 aromatic heterocycles. The van der Waals surface area contributed by atoms with Crippen molar-refractivity contribution >= 4 is 27.5 Å². The molecule has 7 heteroatoms. The van der Waals surface area contributed by atoms with Gasteiger partial charge in [-0.1, -0.05) is 24.3 Å². The van der Waals surface area contributed by atoms with Crippen LogP contribution in [0.4, 0.5) is 0 Å². The minimum absolute atomic E-state index is 0.0529. The van der Waals surface area contributed by atoms with Gasteiger partial charge in [-0.25, -0.2) is 15.0 Å². The van der Waals surface area contributed by atoms with Gasteiger partial charge in [-0.3, -0.25) is 4.79 Å². The molecule has 0 unspecified atom stereocenters. The first-order valence-electron chi connectivity index (χ1n) is 10.2. The zero-order chi connectivity index (χ0) is 20.7. The van der Waals surface area contributed by atoms with Gasteiger partial charge in [0.1, 0.15) is 10.7 Å². The number of aromatic nitrogens is 4. The van der Waals surface area contributed by atoms with Crippen LogP contribution in [0.1, 0.15) is 56.6 Å². The van der Waals surface area contributed by atoms with Gasteiger partial charge in [0.2, 0.25) is 0 Å². The van der Waals surface area contributed by atoms with Crippen LogP contribution in [0.5, 0.6) is 0 Å². The Labute approximate surface area is 179 Å². The lowest BCUT2D eigenvalue weighted by molar-refractivity contribution is 0.0954. The number of amides is 1. The third-order valence-corrected chi connectivity index (χ3v) is 6.69. The fourth-order valence-corrected chi connectivity index (χ4v) is 4.95. The van der Waals surface area contributed by atoms with E-state index in [2.05, 4.69) is 27.4 Å². The molecule has 0 saturated heterocycles. The van der Waals surface area contributed by atoms with Crippen LogP contribution >= 0.6 is 11.3 Å². The van der Waals surface area contributed by atoms with Crippen molar-refractivity contribution in [2.75, 3.05) is 0 Å². The van der Waals surface area contributed by atoms with Gasteiger partial charge < -0.3 is 9.88 Å². The molecule has 0 bridgehead atoms. The molecule has 1 aliphatic rings. The van der Waals surface area contributed by atoms with Crippen molar-refractivity contribution in [3.8, 4) is 0 Å². The van der Waals surface area contributed by atoms with Crippen LogP contribution in [0.25, 0.3) is 10.2 Å². The van der Waals surface area contributed by atoms with Gasteiger partial charge in [0.25, 0.3) is 5.91 Å². The Hall–Kier alpha value is -3.06. The molecular formula is C23H23N5OS. The zero-order valence-electron chi connectivity index (χ0n) is 17.1. The van der Waals surface area contributed by atoms with E-state index in [1.165, 1.54) is 29.7 Å². The Morgan fingerprint density at radius 1 is 1.23 bits per heavy atom. The summed E-state index contributed by atoms with van der Waals surface area (Å²) in [5.74, 6) is 1.38. The van der Waals surface area contributed by atoms with E-state index in [0.29, 0.717) is 12.5 Å². The number of nitrogens with one attached hydrogen (secondary N) is 1. The second-order valence-corrected chi connectivity index (χ2v) is 8.91. The van der Waals surface area contributed by atoms with Gasteiger partial charge in [-0.05, 0) is 43.4 Å². The van der Waals surface area contributed by atoms with E-state index in [4.69, 9.17) is 4.98 Å². The Morgan fingerprint density at radius 3 is 2.83 bits per heavy atom. The molecule has 1 fully saturated rings. The van der Waals surface area contributed by atoms with Gasteiger partial charge in [0.05, 0.1) is 16.9 Å². The van der Waals surface area contributed by atoms with Crippen molar-refractivity contribution in [2.45, 2.75) is 45.7 Å². The normalized spacial score (nSPS) is 13.7. The van der Waals surface area contributed by atoms with E-state index < -0.39 is 0 Å². The monoisotopic (exact) mass is 417 g/mol. The largest absolute Gasteiger partial charge is 0.347 e. The fraction of sp³-hybridized carbons (Fsp3) is 0.304. The number of carbonyl (C=O) groups excluding carboxylic acids is 1. The number of carbonyl (C=O) groups is 1. The molecule has 0 atom stereocenters. The molecular weight excluding hydrogens is 394 g/mol. The molecule has 1 aromatic carbocycles. The highest BCUT2D eigenvalue weighted by atomic mass is 32.1. The number of imidazole rings is 1. The van der Waals surface area contributed by atoms with Crippen molar-refractivity contribution in [3.63, 3.8) is 0 Å². The maximum absolute atomic E-state index is 12.9. The molecule has 152 valence electrons. The second-order valence-electron chi connectivity index (χ2n) is 7.92. The maximum Gasteiger partial charge on any atom is 0.261 e. The predicted octanol–water partition coefficient (Wildman–Crippen LogP) is 4.36. The van der Waals surface area contributed by atoms with E-state index >= 15 is 0 Å². The summed E-state index contributed by atoms with van der Waals surface area (Å²) >= 11 is 1.47. The third-order valence-electron chi connectivity index (χ3n) is 5.51. The highest BCUT2D eigenvalue weighted by Crippen LogP contribution is 2.40. The summed E-state index contributed by atoms with van der Waals surface area (Å²) in [4.78, 5) is 28.1. The summed E-state index contributed by atoms with van der Waals surface area (Å²) in [7, 11) is 0. The molecule has 0 radical (unpaired) electrons. The van der Waals surface area contributed by atoms with Crippen molar-refractivity contribution < 1.29 is 4.79 Å². The van der Waals surface area contributed by atoms with Crippen LogP contribution in [0.15, 0.2) is 43.0 Å². The zero-order valence-corrected chi connectivity index (χ0v) is 17.9. The minimum atomic E-state index is -0.0529. The Bertz CT molecular complexity index is 1220. The van der Waals surface area contributed by atoms with Crippen LogP contribution in [-0.4, -0.2) is 25.4 Å². The number of rotatable bonds is 6. The summed E-state index contributed by atoms with van der Waals surface area (Å²) in [6, 6.07) is 8.26. The second kappa shape index (κ2) is 7.65. The van der Waals surface area contributed by atoms with E-state index in [0.717, 1.165) is 44.3 Å². The molecule has 3 heterocycles. The first-order chi connectivity index (χ1) is 14.6. The summed E-state index contributed by atoms with van der Waals surface area (Å²) < 4.78 is 2.03. The molecule has 1 saturated carbocycles. The Morgan fingerprint density at radius 2 is 2.07 bits per heavy atom. The quantitative estimate of drug-likeness (QED) is 0.506. The van der Waals surface area contributed by atoms with Gasteiger partial charge in [-0.2, -0.15) is 0 Å². The number of nitrogens with zero attached hydrogens (tertiary/aromatic N) is 4. The topological polar surface area (TPSA) is 72.7 Å². The first kappa shape index (κ1) is 18.9. The first-order valence-corrected chi connectivity index (χ1v) is 11.0. The highest BCUT2D eigenvalue weighted by Gasteiger charge is 2.28. The van der Waals surface area contributed by atoms with E-state index in [1.807, 2.05) is 36.7 Å². The number of fused-ring (bicyclic) bond motifs is 1. The highest BCUT2D eigenvalue weighted by molar-refractivity contribution is 7.20. The van der Waals surface area contributed by atoms with Crippen molar-refractivity contribution in [2.24, 2.45) is 0 Å². The molecule has 0 spiro atoms. The van der Waals surface area contributed by atoms with E-state index in [-0.39, 0.29) is 5.91 Å². The molecule has 6 nitrogen and oxygen atoms in total. The Kier molecular flexibility index (Phi) is 4.83. The molecule has 1 amide bonds. The van der Waals surface area contributed by atoms with Crippen LogP contribution in [0.3, 0.4) is 0 Å². The average molecular weight is 418 g/mol. The average Bonchev–Trinajstić information content (AvgIpc) is 3.37. The molecule has 4 aromatic rings. The summed E-state index contributed by atoms with van der Waals surface area (Å²) in [5.41, 5.74) is 4.20. The summed E-state index contributed by atoms with van der Waals surface area (Å²) in [6.07, 6.45) is 7.86. The maximum atomic E-state index is 12.9. The smallest absolute Gasteiger partial charge is 0.261 e. The van der Waals surface area contributed by atoms with E-state index in [9.17, 15) is 4.79 Å². The summed E-state index contributed by atoms with van der Waals surface area (Å²) in [6.45, 7) is 5.26. The minimum Gasteiger partial charge on any atom is -0.347 e. The molecule has 30 heavy (non-hydrogen) atoms. The van der Waals surface area contributed by atoms with Crippen molar-refractivity contribution in [1.82, 2.24) is 24.8 Å². The SMILES string of the molecule is Cc1nc(C2CC2)nc2sc(C(=O)NCc3cccc(Cn4ccnc4)c3)c(C)c12. The standard InChI is InChI=1S/C23H23N5OS/c1-14-19-15(2)26-21(18-6-7-18)27-23(19)30-20(14)22(29)25-11-16-4-3-5-17(10-16)12-28-9-8-24-13-28/h3-5,8-10,13,18H,6-7,11-12H2,1-2H3,(H,25,29). The number of aryl methyl sites for hydroxylation is 2. The lowest BCUT2D eigenvalue weighted by Gasteiger charge is -2.08. The number of thiophene rings is 1. The van der Waals surface area contributed by atoms with Crippen molar-refractivity contribution in [3.05, 3.63) is 76.1 Å². The molecule has 5 rings (SSSR count). The molecule has 1 N–H and O–H groups in total. The lowest BCUT2D eigenvalue weighted by atomic mass is 10.1. The van der Waals surface area contributed by atoms with Crippen LogP contribution in [-0.2, 0) is 13.1 Å². The number of hydrogen-bond donors (Lipinski definition) is 1. The third kappa shape index (κ3) is 3.73. The number of hydrogen-bond acceptors (Lipinski definition) is 5. The van der Waals surface area contributed by atoms with Gasteiger partial charge in [-0.15, -0.1) is 11.3 Å². The molecule has 0 aliphatic heterocycles. The molecule has 1 aliphatic carbocycles. The van der Waals surface area contributed by atoms with Crippen LogP contribution < -0.4 is 5.32 Å². The number of benzene rings is 1. The summed E-state index contributed by atoms with van der Waals surface area (Å²) in [5, 5.41) is 4.10. The van der Waals surface area contributed by atoms with Crippen LogP contribution in [0.2, 0.25) is 0 Å². The fourth-order valence-electron chi connectivity index (χ4n) is 3.79. The lowest BCUT2D eigenvalue weighted by Crippen LogP contribution is -2.22. The van der Waals surface area contributed by atoms with Gasteiger partial charge in [0, 0.05) is 36.8 Å². The Balaban J connectivity index is 1.32.